The zero-order valence-electron chi connectivity index (χ0n) is 20.0. The van der Waals surface area contributed by atoms with E-state index in [2.05, 4.69) is 40.7 Å². The number of aryl methyl sites for hydroxylation is 1. The predicted octanol–water partition coefficient (Wildman–Crippen LogP) is 3.72. The van der Waals surface area contributed by atoms with Crippen LogP contribution in [-0.2, 0) is 11.2 Å². The molecule has 0 aromatic heterocycles. The first-order valence-corrected chi connectivity index (χ1v) is 13.0. The molecule has 0 bridgehead atoms. The van der Waals surface area contributed by atoms with E-state index in [4.69, 9.17) is 4.74 Å². The van der Waals surface area contributed by atoms with Crippen LogP contribution in [0.5, 0.6) is 5.75 Å². The largest absolute Gasteiger partial charge is 0.497 e. The summed E-state index contributed by atoms with van der Waals surface area (Å²) in [6.07, 6.45) is 10.1. The molecular weight excluding hydrogens is 398 g/mol. The maximum atomic E-state index is 11.8. The average Bonchev–Trinajstić information content (AvgIpc) is 2.99. The molecule has 3 fully saturated rings. The number of rotatable bonds is 6. The molecule has 5 nitrogen and oxygen atoms in total. The molecule has 1 aromatic carbocycles. The number of carbonyl (C=O) groups excluding carboxylic acids is 1. The maximum absolute atomic E-state index is 11.8. The molecule has 5 rings (SSSR count). The molecule has 1 aliphatic heterocycles. The van der Waals surface area contributed by atoms with Gasteiger partial charge in [0.2, 0.25) is 5.91 Å². The van der Waals surface area contributed by atoms with Gasteiger partial charge in [0.15, 0.2) is 0 Å². The molecule has 4 unspecified atom stereocenters. The van der Waals surface area contributed by atoms with Crippen LogP contribution in [0.2, 0.25) is 0 Å². The van der Waals surface area contributed by atoms with E-state index < -0.39 is 0 Å². The number of ether oxygens (including phenoxy) is 1. The standard InChI is InChI=1S/C27H41N3O2/c1-27-12-11-22-21-8-6-20(32-2)17-19(21)5-7-23(22)24(27)9-10-25(27)28-13-3-15-30-16-4-14-29-26(31)18-30/h6,8,17,22-25,28H,3-5,7,9-16,18H2,1-2H3,(H,29,31)/t22?,23?,24?,25?,27-/m0/s1. The van der Waals surface area contributed by atoms with Gasteiger partial charge in [0.1, 0.15) is 5.75 Å². The minimum Gasteiger partial charge on any atom is -0.497 e. The molecule has 1 heterocycles. The van der Waals surface area contributed by atoms with Gasteiger partial charge in [0.05, 0.1) is 13.7 Å². The van der Waals surface area contributed by atoms with Crippen molar-refractivity contribution in [2.45, 2.75) is 70.3 Å². The van der Waals surface area contributed by atoms with Crippen LogP contribution in [-0.4, -0.2) is 56.7 Å². The second-order valence-electron chi connectivity index (χ2n) is 10.9. The van der Waals surface area contributed by atoms with Crippen LogP contribution in [0.4, 0.5) is 0 Å². The lowest BCUT2D eigenvalue weighted by Gasteiger charge is -2.51. The summed E-state index contributed by atoms with van der Waals surface area (Å²) in [5, 5.41) is 6.95. The summed E-state index contributed by atoms with van der Waals surface area (Å²) < 4.78 is 5.48. The van der Waals surface area contributed by atoms with E-state index in [1.54, 1.807) is 12.7 Å². The van der Waals surface area contributed by atoms with Gasteiger partial charge < -0.3 is 15.4 Å². The molecule has 1 aromatic rings. The third-order valence-corrected chi connectivity index (χ3v) is 9.32. The number of benzene rings is 1. The highest BCUT2D eigenvalue weighted by Crippen LogP contribution is 2.60. The van der Waals surface area contributed by atoms with Crippen LogP contribution in [0, 0.1) is 17.3 Å². The summed E-state index contributed by atoms with van der Waals surface area (Å²) in [5.74, 6) is 3.63. The third-order valence-electron chi connectivity index (χ3n) is 9.32. The molecular formula is C27H41N3O2. The van der Waals surface area contributed by atoms with E-state index >= 15 is 0 Å². The number of hydrogen-bond donors (Lipinski definition) is 2. The Hall–Kier alpha value is -1.59. The van der Waals surface area contributed by atoms with Gasteiger partial charge >= 0.3 is 0 Å². The van der Waals surface area contributed by atoms with Gasteiger partial charge in [0.25, 0.3) is 0 Å². The van der Waals surface area contributed by atoms with Crippen molar-refractivity contribution in [3.63, 3.8) is 0 Å². The molecule has 1 saturated heterocycles. The van der Waals surface area contributed by atoms with Crippen molar-refractivity contribution < 1.29 is 9.53 Å². The number of nitrogens with zero attached hydrogens (tertiary/aromatic N) is 1. The van der Waals surface area contributed by atoms with E-state index in [9.17, 15) is 4.79 Å². The summed E-state index contributed by atoms with van der Waals surface area (Å²) in [6, 6.07) is 7.47. The SMILES string of the molecule is COc1ccc2c(c1)CCC1C2CC[C@]2(C)C(NCCCN3CCCNC(=O)C3)CCC12. The molecule has 32 heavy (non-hydrogen) atoms. The topological polar surface area (TPSA) is 53.6 Å². The summed E-state index contributed by atoms with van der Waals surface area (Å²) >= 11 is 0. The lowest BCUT2D eigenvalue weighted by molar-refractivity contribution is -0.121. The van der Waals surface area contributed by atoms with Crippen molar-refractivity contribution in [2.75, 3.05) is 39.8 Å². The van der Waals surface area contributed by atoms with Crippen molar-refractivity contribution in [1.82, 2.24) is 15.5 Å². The fraction of sp³-hybridized carbons (Fsp3) is 0.741. The van der Waals surface area contributed by atoms with E-state index in [0.29, 0.717) is 18.0 Å². The lowest BCUT2D eigenvalue weighted by atomic mass is 9.55. The highest BCUT2D eigenvalue weighted by atomic mass is 16.5. The van der Waals surface area contributed by atoms with Crippen molar-refractivity contribution in [1.29, 1.82) is 0 Å². The molecule has 3 aliphatic carbocycles. The summed E-state index contributed by atoms with van der Waals surface area (Å²) in [4.78, 5) is 14.1. The van der Waals surface area contributed by atoms with Crippen LogP contribution in [0.25, 0.3) is 0 Å². The van der Waals surface area contributed by atoms with Gasteiger partial charge in [-0.2, -0.15) is 0 Å². The Labute approximate surface area is 193 Å². The third kappa shape index (κ3) is 4.19. The lowest BCUT2D eigenvalue weighted by Crippen LogP contribution is -2.49. The zero-order valence-corrected chi connectivity index (χ0v) is 20.0. The summed E-state index contributed by atoms with van der Waals surface area (Å²) in [5.41, 5.74) is 3.58. The second-order valence-corrected chi connectivity index (χ2v) is 10.9. The highest BCUT2D eigenvalue weighted by molar-refractivity contribution is 5.78. The van der Waals surface area contributed by atoms with Crippen LogP contribution in [0.3, 0.4) is 0 Å². The Kier molecular flexibility index (Phi) is 6.48. The zero-order chi connectivity index (χ0) is 22.1. The molecule has 2 N–H and O–H groups in total. The number of amides is 1. The Morgan fingerprint density at radius 2 is 2.16 bits per heavy atom. The first-order valence-electron chi connectivity index (χ1n) is 13.0. The number of hydrogen-bond acceptors (Lipinski definition) is 4. The first kappa shape index (κ1) is 22.2. The molecule has 176 valence electrons. The van der Waals surface area contributed by atoms with E-state index in [1.165, 1.54) is 44.1 Å². The molecule has 1 amide bonds. The fourth-order valence-electron chi connectivity index (χ4n) is 7.66. The van der Waals surface area contributed by atoms with Crippen molar-refractivity contribution in [3.05, 3.63) is 29.3 Å². The van der Waals surface area contributed by atoms with Crippen LogP contribution < -0.4 is 15.4 Å². The first-order chi connectivity index (χ1) is 15.6. The van der Waals surface area contributed by atoms with Gasteiger partial charge in [-0.1, -0.05) is 13.0 Å². The predicted molar refractivity (Wildman–Crippen MR) is 128 cm³/mol. The number of nitrogens with one attached hydrogen (secondary N) is 2. The molecule has 2 saturated carbocycles. The van der Waals surface area contributed by atoms with Crippen molar-refractivity contribution in [2.24, 2.45) is 17.3 Å². The molecule has 5 atom stereocenters. The van der Waals surface area contributed by atoms with E-state index in [0.717, 1.165) is 62.5 Å². The van der Waals surface area contributed by atoms with Gasteiger partial charge in [0, 0.05) is 19.1 Å². The van der Waals surface area contributed by atoms with Crippen molar-refractivity contribution >= 4 is 5.91 Å². The highest BCUT2D eigenvalue weighted by Gasteiger charge is 2.54. The summed E-state index contributed by atoms with van der Waals surface area (Å²) in [6.45, 7) is 7.12. The Morgan fingerprint density at radius 3 is 3.03 bits per heavy atom. The average molecular weight is 440 g/mol. The van der Waals surface area contributed by atoms with Crippen LogP contribution in [0.15, 0.2) is 18.2 Å². The molecule has 5 heteroatoms. The van der Waals surface area contributed by atoms with Gasteiger partial charge in [-0.3, -0.25) is 9.69 Å². The molecule has 4 aliphatic rings. The Balaban J connectivity index is 1.17. The quantitative estimate of drug-likeness (QED) is 0.664. The smallest absolute Gasteiger partial charge is 0.234 e. The number of methoxy groups -OCH3 is 1. The summed E-state index contributed by atoms with van der Waals surface area (Å²) in [7, 11) is 1.77. The van der Waals surface area contributed by atoms with E-state index in [-0.39, 0.29) is 5.91 Å². The minimum atomic E-state index is 0.186. The Morgan fingerprint density at radius 1 is 1.25 bits per heavy atom. The molecule has 0 radical (unpaired) electrons. The Bertz CT molecular complexity index is 827. The van der Waals surface area contributed by atoms with Crippen molar-refractivity contribution in [3.8, 4) is 5.75 Å². The molecule has 0 spiro atoms. The number of carbonyl (C=O) groups is 1. The van der Waals surface area contributed by atoms with E-state index in [1.807, 2.05) is 0 Å². The van der Waals surface area contributed by atoms with Crippen LogP contribution in [0.1, 0.15) is 68.9 Å². The minimum absolute atomic E-state index is 0.186. The van der Waals surface area contributed by atoms with Crippen LogP contribution >= 0.6 is 0 Å². The van der Waals surface area contributed by atoms with Gasteiger partial charge in [-0.05, 0) is 111 Å². The van der Waals surface area contributed by atoms with Gasteiger partial charge in [-0.15, -0.1) is 0 Å². The maximum Gasteiger partial charge on any atom is 0.234 e. The monoisotopic (exact) mass is 439 g/mol. The fourth-order valence-corrected chi connectivity index (χ4v) is 7.66. The second kappa shape index (κ2) is 9.34. The van der Waals surface area contributed by atoms with Gasteiger partial charge in [-0.25, -0.2) is 0 Å². The normalized spacial score (nSPS) is 34.8. The number of fused-ring (bicyclic) bond motifs is 5.